The minimum atomic E-state index is -0.507. The molecule has 1 atom stereocenters. The molecule has 2 rings (SSSR count). The number of nitrogens with one attached hydrogen (secondary N) is 1. The summed E-state index contributed by atoms with van der Waals surface area (Å²) in [7, 11) is 0. The van der Waals surface area contributed by atoms with Crippen molar-refractivity contribution in [2.75, 3.05) is 12.3 Å². The molecule has 5 heteroatoms. The number of benzene rings is 2. The van der Waals surface area contributed by atoms with Crippen LogP contribution in [-0.4, -0.2) is 40.6 Å². The Balaban J connectivity index is 2.01. The van der Waals surface area contributed by atoms with Crippen molar-refractivity contribution in [1.82, 2.24) is 10.2 Å². The van der Waals surface area contributed by atoms with Gasteiger partial charge >= 0.3 is 0 Å². The minimum Gasteiger partial charge on any atom is -0.350 e. The van der Waals surface area contributed by atoms with Crippen molar-refractivity contribution in [3.05, 3.63) is 66.2 Å². The molecule has 29 heavy (non-hydrogen) atoms. The van der Waals surface area contributed by atoms with E-state index >= 15 is 0 Å². The number of carbonyl (C=O) groups is 2. The number of thioether (sulfide) groups is 1. The van der Waals surface area contributed by atoms with E-state index in [0.29, 0.717) is 18.7 Å². The summed E-state index contributed by atoms with van der Waals surface area (Å²) in [6.07, 6.45) is 1.13. The summed E-state index contributed by atoms with van der Waals surface area (Å²) in [4.78, 5) is 28.6. The maximum absolute atomic E-state index is 13.0. The first-order valence-corrected chi connectivity index (χ1v) is 11.1. The zero-order valence-corrected chi connectivity index (χ0v) is 18.7. The van der Waals surface area contributed by atoms with Crippen LogP contribution in [0.3, 0.4) is 0 Å². The zero-order chi connectivity index (χ0) is 21.3. The second-order valence-corrected chi connectivity index (χ2v) is 9.32. The SMILES string of the molecule is C[C@@H](C(=O)NC(C)(C)C)N(CCc1ccccc1)C(=O)CCSc1ccccc1. The van der Waals surface area contributed by atoms with Gasteiger partial charge in [0.1, 0.15) is 6.04 Å². The van der Waals surface area contributed by atoms with Crippen molar-refractivity contribution >= 4 is 23.6 Å². The Morgan fingerprint density at radius 3 is 2.17 bits per heavy atom. The lowest BCUT2D eigenvalue weighted by Crippen LogP contribution is -2.53. The highest BCUT2D eigenvalue weighted by atomic mass is 32.2. The third kappa shape index (κ3) is 8.32. The van der Waals surface area contributed by atoms with Gasteiger partial charge in [-0.05, 0) is 51.8 Å². The van der Waals surface area contributed by atoms with Gasteiger partial charge in [0.25, 0.3) is 0 Å². The summed E-state index contributed by atoms with van der Waals surface area (Å²) < 4.78 is 0. The van der Waals surface area contributed by atoms with Crippen LogP contribution in [0.4, 0.5) is 0 Å². The molecule has 1 N–H and O–H groups in total. The van der Waals surface area contributed by atoms with E-state index in [4.69, 9.17) is 0 Å². The molecule has 0 saturated heterocycles. The van der Waals surface area contributed by atoms with Crippen molar-refractivity contribution in [2.24, 2.45) is 0 Å². The fraction of sp³-hybridized carbons (Fsp3) is 0.417. The van der Waals surface area contributed by atoms with Gasteiger partial charge in [0, 0.05) is 29.2 Å². The van der Waals surface area contributed by atoms with Gasteiger partial charge in [0.15, 0.2) is 0 Å². The van der Waals surface area contributed by atoms with Crippen LogP contribution in [0.1, 0.15) is 39.7 Å². The smallest absolute Gasteiger partial charge is 0.242 e. The Morgan fingerprint density at radius 2 is 1.59 bits per heavy atom. The van der Waals surface area contributed by atoms with Crippen LogP contribution in [0.25, 0.3) is 0 Å². The van der Waals surface area contributed by atoms with Crippen molar-refractivity contribution in [3.8, 4) is 0 Å². The van der Waals surface area contributed by atoms with Crippen LogP contribution in [0.15, 0.2) is 65.6 Å². The van der Waals surface area contributed by atoms with Crippen LogP contribution in [-0.2, 0) is 16.0 Å². The van der Waals surface area contributed by atoms with Gasteiger partial charge in [-0.25, -0.2) is 0 Å². The highest BCUT2D eigenvalue weighted by Crippen LogP contribution is 2.19. The van der Waals surface area contributed by atoms with Gasteiger partial charge in [-0.15, -0.1) is 11.8 Å². The molecule has 0 radical (unpaired) electrons. The monoisotopic (exact) mass is 412 g/mol. The van der Waals surface area contributed by atoms with Crippen LogP contribution < -0.4 is 5.32 Å². The summed E-state index contributed by atoms with van der Waals surface area (Å²) in [6, 6.07) is 19.6. The molecule has 0 heterocycles. The lowest BCUT2D eigenvalue weighted by molar-refractivity contribution is -0.140. The molecule has 0 fully saturated rings. The Hall–Kier alpha value is -2.27. The standard InChI is InChI=1S/C24H32N2O2S/c1-19(23(28)25-24(2,3)4)26(17-15-20-11-7-5-8-12-20)22(27)16-18-29-21-13-9-6-10-14-21/h5-14,19H,15-18H2,1-4H3,(H,25,28)/t19-/m0/s1. The largest absolute Gasteiger partial charge is 0.350 e. The van der Waals surface area contributed by atoms with Crippen molar-refractivity contribution in [1.29, 1.82) is 0 Å². The maximum atomic E-state index is 13.0. The normalized spacial score (nSPS) is 12.3. The fourth-order valence-corrected chi connectivity index (χ4v) is 3.82. The van der Waals surface area contributed by atoms with Gasteiger partial charge in [-0.1, -0.05) is 48.5 Å². The van der Waals surface area contributed by atoms with E-state index in [1.54, 1.807) is 16.7 Å². The highest BCUT2D eigenvalue weighted by molar-refractivity contribution is 7.99. The Morgan fingerprint density at radius 1 is 1.00 bits per heavy atom. The first-order chi connectivity index (χ1) is 13.8. The maximum Gasteiger partial charge on any atom is 0.242 e. The van der Waals surface area contributed by atoms with Crippen LogP contribution in [0, 0.1) is 0 Å². The second kappa shape index (κ2) is 11.1. The molecule has 0 unspecified atom stereocenters. The lowest BCUT2D eigenvalue weighted by Gasteiger charge is -2.31. The molecular formula is C24H32N2O2S. The third-order valence-electron chi connectivity index (χ3n) is 4.48. The van der Waals surface area contributed by atoms with E-state index in [2.05, 4.69) is 5.32 Å². The molecule has 0 spiro atoms. The summed E-state index contributed by atoms with van der Waals surface area (Å²) in [6.45, 7) is 8.19. The molecule has 156 valence electrons. The van der Waals surface area contributed by atoms with E-state index in [-0.39, 0.29) is 17.4 Å². The number of rotatable bonds is 9. The van der Waals surface area contributed by atoms with Gasteiger partial charge in [-0.3, -0.25) is 9.59 Å². The summed E-state index contributed by atoms with van der Waals surface area (Å²) in [5.74, 6) is 0.591. The molecule has 0 aliphatic heterocycles. The van der Waals surface area contributed by atoms with E-state index in [1.165, 1.54) is 0 Å². The zero-order valence-electron chi connectivity index (χ0n) is 17.9. The summed E-state index contributed by atoms with van der Waals surface area (Å²) in [5.41, 5.74) is 0.829. The first kappa shape index (κ1) is 23.0. The average molecular weight is 413 g/mol. The number of carbonyl (C=O) groups excluding carboxylic acids is 2. The quantitative estimate of drug-likeness (QED) is 0.615. The lowest BCUT2D eigenvalue weighted by atomic mass is 10.1. The molecule has 0 aliphatic rings. The van der Waals surface area contributed by atoms with Crippen molar-refractivity contribution in [2.45, 2.75) is 57.0 Å². The second-order valence-electron chi connectivity index (χ2n) is 8.15. The van der Waals surface area contributed by atoms with Crippen LogP contribution >= 0.6 is 11.8 Å². The highest BCUT2D eigenvalue weighted by Gasteiger charge is 2.27. The fourth-order valence-electron chi connectivity index (χ4n) is 2.96. The molecule has 2 aromatic rings. The number of hydrogen-bond acceptors (Lipinski definition) is 3. The van der Waals surface area contributed by atoms with E-state index < -0.39 is 6.04 Å². The van der Waals surface area contributed by atoms with Gasteiger partial charge in [-0.2, -0.15) is 0 Å². The Kier molecular flexibility index (Phi) is 8.77. The number of nitrogens with zero attached hydrogens (tertiary/aromatic N) is 1. The molecule has 4 nitrogen and oxygen atoms in total. The summed E-state index contributed by atoms with van der Waals surface area (Å²) >= 11 is 1.66. The molecule has 2 aromatic carbocycles. The van der Waals surface area contributed by atoms with E-state index in [9.17, 15) is 9.59 Å². The van der Waals surface area contributed by atoms with Crippen LogP contribution in [0.5, 0.6) is 0 Å². The number of hydrogen-bond donors (Lipinski definition) is 1. The predicted molar refractivity (Wildman–Crippen MR) is 121 cm³/mol. The van der Waals surface area contributed by atoms with Crippen LogP contribution in [0.2, 0.25) is 0 Å². The van der Waals surface area contributed by atoms with Gasteiger partial charge in [0.2, 0.25) is 11.8 Å². The van der Waals surface area contributed by atoms with E-state index in [0.717, 1.165) is 16.9 Å². The minimum absolute atomic E-state index is 0.0147. The molecule has 0 aromatic heterocycles. The third-order valence-corrected chi connectivity index (χ3v) is 5.49. The number of amides is 2. The van der Waals surface area contributed by atoms with Gasteiger partial charge < -0.3 is 10.2 Å². The topological polar surface area (TPSA) is 49.4 Å². The molecule has 0 saturated carbocycles. The van der Waals surface area contributed by atoms with E-state index in [1.807, 2.05) is 88.4 Å². The first-order valence-electron chi connectivity index (χ1n) is 10.1. The predicted octanol–water partition coefficient (Wildman–Crippen LogP) is 4.54. The molecule has 0 bridgehead atoms. The molecule has 0 aliphatic carbocycles. The molecule has 2 amide bonds. The van der Waals surface area contributed by atoms with Crippen molar-refractivity contribution in [3.63, 3.8) is 0 Å². The van der Waals surface area contributed by atoms with Crippen molar-refractivity contribution < 1.29 is 9.59 Å². The Bertz CT molecular complexity index is 772. The van der Waals surface area contributed by atoms with Gasteiger partial charge in [0.05, 0.1) is 0 Å². The average Bonchev–Trinajstić information content (AvgIpc) is 2.68. The Labute approximate surface area is 179 Å². The molecular weight excluding hydrogens is 380 g/mol. The summed E-state index contributed by atoms with van der Waals surface area (Å²) in [5, 5.41) is 3.00.